The zero-order valence-corrected chi connectivity index (χ0v) is 15.3. The number of nitrogens with zero attached hydrogens (tertiary/aromatic N) is 1. The SMILES string of the molecule is CCc1cccc(C2=CC=C(c3ccc4c(ccn4C(C)C)c3)C2)c1. The summed E-state index contributed by atoms with van der Waals surface area (Å²) in [4.78, 5) is 0. The van der Waals surface area contributed by atoms with Crippen LogP contribution in [0.5, 0.6) is 0 Å². The third kappa shape index (κ3) is 2.95. The number of hydrogen-bond donors (Lipinski definition) is 0. The molecule has 1 aromatic heterocycles. The van der Waals surface area contributed by atoms with Gasteiger partial charge in [-0.2, -0.15) is 0 Å². The van der Waals surface area contributed by atoms with Crippen LogP contribution in [0.4, 0.5) is 0 Å². The minimum absolute atomic E-state index is 0.494. The molecule has 1 aliphatic carbocycles. The first-order valence-electron chi connectivity index (χ1n) is 9.25. The van der Waals surface area contributed by atoms with Gasteiger partial charge in [-0.25, -0.2) is 0 Å². The molecular formula is C24H25N. The fraction of sp³-hybridized carbons (Fsp3) is 0.250. The molecule has 0 spiro atoms. The molecule has 0 atom stereocenters. The minimum Gasteiger partial charge on any atom is -0.345 e. The molecule has 0 bridgehead atoms. The Hall–Kier alpha value is -2.54. The summed E-state index contributed by atoms with van der Waals surface area (Å²) in [5.41, 5.74) is 8.26. The smallest absolute Gasteiger partial charge is 0.0483 e. The van der Waals surface area contributed by atoms with E-state index in [0.717, 1.165) is 12.8 Å². The van der Waals surface area contributed by atoms with Gasteiger partial charge in [0.15, 0.2) is 0 Å². The lowest BCUT2D eigenvalue weighted by Crippen LogP contribution is -1.97. The van der Waals surface area contributed by atoms with Crippen LogP contribution in [0.1, 0.15) is 49.9 Å². The molecule has 0 unspecified atom stereocenters. The molecule has 4 rings (SSSR count). The quantitative estimate of drug-likeness (QED) is 0.505. The molecule has 126 valence electrons. The van der Waals surface area contributed by atoms with E-state index in [1.807, 2.05) is 0 Å². The summed E-state index contributed by atoms with van der Waals surface area (Å²) in [5.74, 6) is 0. The lowest BCUT2D eigenvalue weighted by atomic mass is 9.97. The van der Waals surface area contributed by atoms with Gasteiger partial charge in [-0.1, -0.05) is 49.4 Å². The maximum Gasteiger partial charge on any atom is 0.0483 e. The molecule has 2 aromatic carbocycles. The average molecular weight is 327 g/mol. The second-order valence-electron chi connectivity index (χ2n) is 7.20. The number of aryl methyl sites for hydroxylation is 1. The van der Waals surface area contributed by atoms with E-state index in [-0.39, 0.29) is 0 Å². The van der Waals surface area contributed by atoms with Crippen molar-refractivity contribution in [3.8, 4) is 0 Å². The van der Waals surface area contributed by atoms with Crippen molar-refractivity contribution in [1.82, 2.24) is 4.57 Å². The highest BCUT2D eigenvalue weighted by atomic mass is 15.0. The zero-order chi connectivity index (χ0) is 17.4. The Morgan fingerprint density at radius 1 is 0.920 bits per heavy atom. The van der Waals surface area contributed by atoms with Crippen LogP contribution in [0.3, 0.4) is 0 Å². The van der Waals surface area contributed by atoms with Crippen molar-refractivity contribution in [3.63, 3.8) is 0 Å². The molecule has 0 amide bonds. The van der Waals surface area contributed by atoms with E-state index < -0.39 is 0 Å². The molecule has 0 N–H and O–H groups in total. The van der Waals surface area contributed by atoms with Crippen LogP contribution >= 0.6 is 0 Å². The normalized spacial score (nSPS) is 14.2. The number of benzene rings is 2. The predicted molar refractivity (Wildman–Crippen MR) is 109 cm³/mol. The summed E-state index contributed by atoms with van der Waals surface area (Å²) >= 11 is 0. The van der Waals surface area contributed by atoms with Gasteiger partial charge < -0.3 is 4.57 Å². The van der Waals surface area contributed by atoms with E-state index in [4.69, 9.17) is 0 Å². The minimum atomic E-state index is 0.494. The summed E-state index contributed by atoms with van der Waals surface area (Å²) in [6.07, 6.45) is 8.87. The summed E-state index contributed by atoms with van der Waals surface area (Å²) in [6, 6.07) is 18.5. The van der Waals surface area contributed by atoms with Crippen molar-refractivity contribution in [1.29, 1.82) is 0 Å². The van der Waals surface area contributed by atoms with Crippen LogP contribution in [0, 0.1) is 0 Å². The van der Waals surface area contributed by atoms with Gasteiger partial charge in [-0.3, -0.25) is 0 Å². The number of aromatic nitrogens is 1. The van der Waals surface area contributed by atoms with E-state index in [1.165, 1.54) is 38.7 Å². The van der Waals surface area contributed by atoms with Gasteiger partial charge in [0.1, 0.15) is 0 Å². The Kier molecular flexibility index (Phi) is 4.09. The Labute approximate surface area is 150 Å². The molecule has 25 heavy (non-hydrogen) atoms. The monoisotopic (exact) mass is 327 g/mol. The molecule has 1 aliphatic rings. The van der Waals surface area contributed by atoms with E-state index >= 15 is 0 Å². The first-order valence-corrected chi connectivity index (χ1v) is 9.25. The van der Waals surface area contributed by atoms with Crippen LogP contribution in [0.25, 0.3) is 22.0 Å². The average Bonchev–Trinajstić information content (AvgIpc) is 3.28. The van der Waals surface area contributed by atoms with E-state index in [0.29, 0.717) is 6.04 Å². The van der Waals surface area contributed by atoms with Crippen molar-refractivity contribution < 1.29 is 0 Å². The Morgan fingerprint density at radius 2 is 1.68 bits per heavy atom. The zero-order valence-electron chi connectivity index (χ0n) is 15.3. The molecule has 3 aromatic rings. The lowest BCUT2D eigenvalue weighted by molar-refractivity contribution is 0.623. The molecule has 0 saturated heterocycles. The van der Waals surface area contributed by atoms with Gasteiger partial charge in [0.2, 0.25) is 0 Å². The highest BCUT2D eigenvalue weighted by molar-refractivity contribution is 5.90. The second kappa shape index (κ2) is 6.40. The highest BCUT2D eigenvalue weighted by Crippen LogP contribution is 2.35. The number of fused-ring (bicyclic) bond motifs is 1. The first-order chi connectivity index (χ1) is 12.2. The van der Waals surface area contributed by atoms with E-state index in [9.17, 15) is 0 Å². The van der Waals surface area contributed by atoms with Crippen molar-refractivity contribution in [2.75, 3.05) is 0 Å². The molecular weight excluding hydrogens is 302 g/mol. The molecule has 0 saturated carbocycles. The molecule has 1 nitrogen and oxygen atoms in total. The van der Waals surface area contributed by atoms with Crippen molar-refractivity contribution in [3.05, 3.63) is 83.6 Å². The largest absolute Gasteiger partial charge is 0.345 e. The summed E-state index contributed by atoms with van der Waals surface area (Å²) < 4.78 is 2.34. The van der Waals surface area contributed by atoms with Crippen LogP contribution < -0.4 is 0 Å². The van der Waals surface area contributed by atoms with Gasteiger partial charge in [0.25, 0.3) is 0 Å². The van der Waals surface area contributed by atoms with Gasteiger partial charge in [0, 0.05) is 23.1 Å². The third-order valence-corrected chi connectivity index (χ3v) is 5.22. The summed E-state index contributed by atoms with van der Waals surface area (Å²) in [6.45, 7) is 6.67. The van der Waals surface area contributed by atoms with Crippen molar-refractivity contribution >= 4 is 22.0 Å². The third-order valence-electron chi connectivity index (χ3n) is 5.22. The van der Waals surface area contributed by atoms with Crippen molar-refractivity contribution in [2.45, 2.75) is 39.7 Å². The lowest BCUT2D eigenvalue weighted by Gasteiger charge is -2.11. The number of allylic oxidation sites excluding steroid dienone is 4. The fourth-order valence-corrected chi connectivity index (χ4v) is 3.73. The topological polar surface area (TPSA) is 4.93 Å². The Bertz CT molecular complexity index is 982. The summed E-state index contributed by atoms with van der Waals surface area (Å²) in [7, 11) is 0. The highest BCUT2D eigenvalue weighted by Gasteiger charge is 2.13. The Balaban J connectivity index is 1.59. The van der Waals surface area contributed by atoms with Crippen LogP contribution in [0.15, 0.2) is 66.9 Å². The standard InChI is InChI=1S/C24H25N/c1-4-18-6-5-7-19(14-18)20-8-9-21(15-20)22-10-11-24-23(16-22)12-13-25(24)17(2)3/h5-14,16-17H,4,15H2,1-3H3. The van der Waals surface area contributed by atoms with Gasteiger partial charge >= 0.3 is 0 Å². The predicted octanol–water partition coefficient (Wildman–Crippen LogP) is 6.66. The molecule has 1 heterocycles. The number of hydrogen-bond acceptors (Lipinski definition) is 0. The second-order valence-corrected chi connectivity index (χ2v) is 7.20. The number of rotatable bonds is 4. The summed E-state index contributed by atoms with van der Waals surface area (Å²) in [5, 5.41) is 1.33. The fourth-order valence-electron chi connectivity index (χ4n) is 3.73. The Morgan fingerprint density at radius 3 is 2.40 bits per heavy atom. The van der Waals surface area contributed by atoms with Crippen LogP contribution in [-0.2, 0) is 6.42 Å². The van der Waals surface area contributed by atoms with E-state index in [1.54, 1.807) is 0 Å². The van der Waals surface area contributed by atoms with Gasteiger partial charge in [-0.15, -0.1) is 0 Å². The first kappa shape index (κ1) is 16.0. The van der Waals surface area contributed by atoms with Crippen LogP contribution in [-0.4, -0.2) is 4.57 Å². The van der Waals surface area contributed by atoms with Gasteiger partial charge in [-0.05, 0) is 72.7 Å². The molecule has 0 radical (unpaired) electrons. The van der Waals surface area contributed by atoms with E-state index in [2.05, 4.69) is 92.2 Å². The van der Waals surface area contributed by atoms with Crippen molar-refractivity contribution in [2.24, 2.45) is 0 Å². The van der Waals surface area contributed by atoms with Crippen LogP contribution in [0.2, 0.25) is 0 Å². The van der Waals surface area contributed by atoms with Gasteiger partial charge in [0.05, 0.1) is 0 Å². The maximum absolute atomic E-state index is 2.34. The molecule has 0 fully saturated rings. The maximum atomic E-state index is 2.34. The molecule has 1 heteroatoms. The molecule has 0 aliphatic heterocycles.